The molecule has 0 spiro atoms. The van der Waals surface area contributed by atoms with Gasteiger partial charge in [0, 0.05) is 0 Å². The van der Waals surface area contributed by atoms with Crippen LogP contribution >= 0.6 is 0 Å². The van der Waals surface area contributed by atoms with Crippen molar-refractivity contribution in [1.82, 2.24) is 19.6 Å². The third kappa shape index (κ3) is 1.73. The predicted molar refractivity (Wildman–Crippen MR) is 76.9 cm³/mol. The van der Waals surface area contributed by atoms with E-state index in [-0.39, 0.29) is 0 Å². The number of aryl methyl sites for hydroxylation is 1. The lowest BCUT2D eigenvalue weighted by molar-refractivity contribution is 1.02. The summed E-state index contributed by atoms with van der Waals surface area (Å²) < 4.78 is 2.02. The van der Waals surface area contributed by atoms with Crippen molar-refractivity contribution in [3.63, 3.8) is 0 Å². The summed E-state index contributed by atoms with van der Waals surface area (Å²) in [4.78, 5) is 4.41. The Morgan fingerprint density at radius 2 is 2.16 bits per heavy atom. The molecule has 0 bridgehead atoms. The summed E-state index contributed by atoms with van der Waals surface area (Å²) in [6, 6.07) is 6.16. The molecule has 0 aliphatic heterocycles. The lowest BCUT2D eigenvalue weighted by atomic mass is 10.1. The molecule has 0 saturated carbocycles. The van der Waals surface area contributed by atoms with Crippen molar-refractivity contribution in [2.45, 2.75) is 13.8 Å². The molecule has 3 rings (SSSR count). The van der Waals surface area contributed by atoms with Crippen LogP contribution in [0.3, 0.4) is 0 Å². The molecule has 1 aromatic carbocycles. The maximum absolute atomic E-state index is 4.41. The van der Waals surface area contributed by atoms with Gasteiger partial charge in [-0.25, -0.2) is 0 Å². The van der Waals surface area contributed by atoms with Crippen molar-refractivity contribution in [1.29, 1.82) is 0 Å². The number of rotatable bonds is 2. The first-order chi connectivity index (χ1) is 9.24. The number of nitrogens with zero attached hydrogens (tertiary/aromatic N) is 4. The molecule has 19 heavy (non-hydrogen) atoms. The van der Waals surface area contributed by atoms with E-state index in [9.17, 15) is 0 Å². The summed E-state index contributed by atoms with van der Waals surface area (Å²) >= 11 is 0. The highest BCUT2D eigenvalue weighted by molar-refractivity contribution is 5.84. The van der Waals surface area contributed by atoms with E-state index in [0.29, 0.717) is 0 Å². The van der Waals surface area contributed by atoms with E-state index in [1.165, 1.54) is 0 Å². The number of fused-ring (bicyclic) bond motifs is 3. The summed E-state index contributed by atoms with van der Waals surface area (Å²) in [5.74, 6) is 0.861. The second kappa shape index (κ2) is 4.31. The fourth-order valence-electron chi connectivity index (χ4n) is 2.28. The normalized spacial score (nSPS) is 12.2. The highest BCUT2D eigenvalue weighted by atomic mass is 15.2. The molecule has 4 nitrogen and oxygen atoms in total. The fourth-order valence-corrected chi connectivity index (χ4v) is 2.28. The van der Waals surface area contributed by atoms with Gasteiger partial charge in [-0.05, 0) is 37.1 Å². The molecule has 0 atom stereocenters. The summed E-state index contributed by atoms with van der Waals surface area (Å²) in [6.45, 7) is 7.79. The Balaban J connectivity index is 2.40. The zero-order chi connectivity index (χ0) is 13.4. The van der Waals surface area contributed by atoms with Crippen molar-refractivity contribution in [2.75, 3.05) is 0 Å². The third-order valence-electron chi connectivity index (χ3n) is 3.25. The average Bonchev–Trinajstić information content (AvgIpc) is 2.82. The first-order valence-electron chi connectivity index (χ1n) is 6.14. The van der Waals surface area contributed by atoms with Gasteiger partial charge < -0.3 is 0 Å². The van der Waals surface area contributed by atoms with Gasteiger partial charge in [-0.1, -0.05) is 24.8 Å². The second-order valence-corrected chi connectivity index (χ2v) is 4.35. The van der Waals surface area contributed by atoms with Gasteiger partial charge in [-0.3, -0.25) is 9.38 Å². The smallest absolute Gasteiger partial charge is 0.179 e. The van der Waals surface area contributed by atoms with Crippen LogP contribution in [0.15, 0.2) is 43.1 Å². The summed E-state index contributed by atoms with van der Waals surface area (Å²) in [5, 5.41) is 8.20. The molecule has 0 fully saturated rings. The number of benzene rings is 1. The van der Waals surface area contributed by atoms with E-state index in [0.717, 1.165) is 33.6 Å². The Kier molecular flexibility index (Phi) is 2.63. The molecule has 0 amide bonds. The minimum Gasteiger partial charge on any atom is -0.276 e. The first kappa shape index (κ1) is 11.6. The van der Waals surface area contributed by atoms with E-state index in [2.05, 4.69) is 33.9 Å². The molecule has 4 heteroatoms. The van der Waals surface area contributed by atoms with Crippen LogP contribution in [-0.2, 0) is 0 Å². The molecule has 2 aromatic heterocycles. The van der Waals surface area contributed by atoms with E-state index in [1.54, 1.807) is 6.20 Å². The minimum absolute atomic E-state index is 0.766. The third-order valence-corrected chi connectivity index (χ3v) is 3.25. The fraction of sp³-hybridized carbons (Fsp3) is 0.133. The van der Waals surface area contributed by atoms with E-state index in [1.807, 2.05) is 36.5 Å². The number of hydrogen-bond donors (Lipinski definition) is 0. The average molecular weight is 250 g/mol. The van der Waals surface area contributed by atoms with E-state index >= 15 is 0 Å². The van der Waals surface area contributed by atoms with Gasteiger partial charge >= 0.3 is 0 Å². The minimum atomic E-state index is 0.766. The van der Waals surface area contributed by atoms with Crippen LogP contribution in [0.2, 0.25) is 0 Å². The zero-order valence-corrected chi connectivity index (χ0v) is 11.0. The van der Waals surface area contributed by atoms with E-state index in [4.69, 9.17) is 0 Å². The van der Waals surface area contributed by atoms with Crippen molar-refractivity contribution >= 4 is 22.3 Å². The molecule has 0 unspecified atom stereocenters. The van der Waals surface area contributed by atoms with Crippen molar-refractivity contribution in [2.24, 2.45) is 0 Å². The molecule has 0 radical (unpaired) electrons. The van der Waals surface area contributed by atoms with Gasteiger partial charge in [-0.15, -0.1) is 10.2 Å². The SMILES string of the molecule is C=C/C(=C\C)c1ccc2ncc3nnc(C)n3c2c1. The maximum Gasteiger partial charge on any atom is 0.179 e. The van der Waals surface area contributed by atoms with Gasteiger partial charge in [0.2, 0.25) is 0 Å². The van der Waals surface area contributed by atoms with E-state index < -0.39 is 0 Å². The van der Waals surface area contributed by atoms with Gasteiger partial charge in [0.05, 0.1) is 17.2 Å². The molecule has 2 heterocycles. The first-order valence-corrected chi connectivity index (χ1v) is 6.14. The van der Waals surface area contributed by atoms with Crippen LogP contribution in [0.25, 0.3) is 22.3 Å². The lowest BCUT2D eigenvalue weighted by Gasteiger charge is -2.06. The number of aromatic nitrogens is 4. The van der Waals surface area contributed by atoms with Crippen molar-refractivity contribution < 1.29 is 0 Å². The van der Waals surface area contributed by atoms with Gasteiger partial charge in [0.15, 0.2) is 5.65 Å². The van der Waals surface area contributed by atoms with Gasteiger partial charge in [-0.2, -0.15) is 0 Å². The molecule has 0 aliphatic rings. The molecular formula is C15H14N4. The quantitative estimate of drug-likeness (QED) is 0.656. The lowest BCUT2D eigenvalue weighted by Crippen LogP contribution is -1.94. The molecule has 0 saturated heterocycles. The standard InChI is InChI=1S/C15H14N4/c1-4-11(5-2)12-6-7-13-14(8-12)19-10(3)17-18-15(19)9-16-13/h4-9H,1H2,2-3H3/b11-5+. The molecule has 0 aliphatic carbocycles. The Labute approximate surface area is 111 Å². The topological polar surface area (TPSA) is 43.1 Å². The molecular weight excluding hydrogens is 236 g/mol. The molecule has 3 aromatic rings. The summed E-state index contributed by atoms with van der Waals surface area (Å²) in [5.41, 5.74) is 4.93. The number of allylic oxidation sites excluding steroid dienone is 3. The van der Waals surface area contributed by atoms with Crippen molar-refractivity contribution in [3.8, 4) is 0 Å². The number of hydrogen-bond acceptors (Lipinski definition) is 3. The molecule has 94 valence electrons. The maximum atomic E-state index is 4.41. The van der Waals surface area contributed by atoms with Crippen LogP contribution in [0, 0.1) is 6.92 Å². The Bertz CT molecular complexity index is 811. The van der Waals surface area contributed by atoms with Crippen molar-refractivity contribution in [3.05, 3.63) is 54.5 Å². The van der Waals surface area contributed by atoms with Gasteiger partial charge in [0.25, 0.3) is 0 Å². The Morgan fingerprint density at radius 1 is 1.32 bits per heavy atom. The highest BCUT2D eigenvalue weighted by Gasteiger charge is 2.07. The van der Waals surface area contributed by atoms with Crippen LogP contribution in [0.4, 0.5) is 0 Å². The largest absolute Gasteiger partial charge is 0.276 e. The van der Waals surface area contributed by atoms with Crippen LogP contribution in [-0.4, -0.2) is 19.6 Å². The summed E-state index contributed by atoms with van der Waals surface area (Å²) in [6.07, 6.45) is 5.64. The second-order valence-electron chi connectivity index (χ2n) is 4.35. The van der Waals surface area contributed by atoms with Crippen LogP contribution in [0.5, 0.6) is 0 Å². The Morgan fingerprint density at radius 3 is 2.89 bits per heavy atom. The van der Waals surface area contributed by atoms with Crippen LogP contribution in [0.1, 0.15) is 18.3 Å². The Hall–Kier alpha value is -2.49. The predicted octanol–water partition coefficient (Wildman–Crippen LogP) is 3.18. The summed E-state index contributed by atoms with van der Waals surface area (Å²) in [7, 11) is 0. The van der Waals surface area contributed by atoms with Crippen LogP contribution < -0.4 is 0 Å². The van der Waals surface area contributed by atoms with Gasteiger partial charge in [0.1, 0.15) is 5.82 Å². The zero-order valence-electron chi connectivity index (χ0n) is 11.0. The molecule has 0 N–H and O–H groups in total. The highest BCUT2D eigenvalue weighted by Crippen LogP contribution is 2.22. The monoisotopic (exact) mass is 250 g/mol.